The Morgan fingerprint density at radius 1 is 1.57 bits per heavy atom. The summed E-state index contributed by atoms with van der Waals surface area (Å²) in [6.45, 7) is 3.78. The maximum absolute atomic E-state index is 12.3. The van der Waals surface area contributed by atoms with Crippen LogP contribution in [0.5, 0.6) is 0 Å². The maximum atomic E-state index is 12.3. The van der Waals surface area contributed by atoms with Crippen LogP contribution in [0.1, 0.15) is 30.7 Å². The molecule has 6 heteroatoms. The standard InChI is InChI=1S/C15H25N3OS.ClH/c1-11-9-12(6-7-16-11)15(19)17-10-13(18(2)3)14-5-4-8-20-14;/h4-5,8,11-13,16H,6-7,9-10H2,1-3H3,(H,17,19);1H/t11-,12-,13?;/m0./s1. The van der Waals surface area contributed by atoms with Gasteiger partial charge < -0.3 is 15.5 Å². The van der Waals surface area contributed by atoms with Gasteiger partial charge in [0.2, 0.25) is 5.91 Å². The van der Waals surface area contributed by atoms with Crippen molar-refractivity contribution in [2.45, 2.75) is 31.8 Å². The van der Waals surface area contributed by atoms with E-state index in [0.717, 1.165) is 19.4 Å². The molecule has 1 aromatic heterocycles. The van der Waals surface area contributed by atoms with E-state index < -0.39 is 0 Å². The molecule has 0 aromatic carbocycles. The van der Waals surface area contributed by atoms with E-state index in [1.807, 2.05) is 0 Å². The second-order valence-corrected chi connectivity index (χ2v) is 6.80. The van der Waals surface area contributed by atoms with Crippen molar-refractivity contribution in [1.29, 1.82) is 0 Å². The summed E-state index contributed by atoms with van der Waals surface area (Å²) < 4.78 is 0. The molecule has 0 spiro atoms. The lowest BCUT2D eigenvalue weighted by atomic mass is 9.92. The van der Waals surface area contributed by atoms with Crippen molar-refractivity contribution < 1.29 is 4.79 Å². The highest BCUT2D eigenvalue weighted by atomic mass is 35.5. The van der Waals surface area contributed by atoms with Gasteiger partial charge in [-0.3, -0.25) is 4.79 Å². The predicted octanol–water partition coefficient (Wildman–Crippen LogP) is 2.28. The number of nitrogens with zero attached hydrogens (tertiary/aromatic N) is 1. The molecule has 1 saturated heterocycles. The number of likely N-dealkylation sites (N-methyl/N-ethyl adjacent to an activating group) is 1. The van der Waals surface area contributed by atoms with Crippen LogP contribution < -0.4 is 10.6 Å². The highest BCUT2D eigenvalue weighted by molar-refractivity contribution is 7.10. The van der Waals surface area contributed by atoms with Gasteiger partial charge >= 0.3 is 0 Å². The number of rotatable bonds is 5. The van der Waals surface area contributed by atoms with Crippen LogP contribution in [-0.4, -0.2) is 44.0 Å². The van der Waals surface area contributed by atoms with Crippen LogP contribution in [0.4, 0.5) is 0 Å². The molecule has 120 valence electrons. The Labute approximate surface area is 137 Å². The average Bonchev–Trinajstić information content (AvgIpc) is 2.92. The molecule has 0 radical (unpaired) electrons. The number of amides is 1. The monoisotopic (exact) mass is 331 g/mol. The van der Waals surface area contributed by atoms with Gasteiger partial charge in [0.15, 0.2) is 0 Å². The van der Waals surface area contributed by atoms with E-state index in [0.29, 0.717) is 12.6 Å². The molecular formula is C15H26ClN3OS. The second kappa shape index (κ2) is 8.73. The minimum atomic E-state index is 0. The molecular weight excluding hydrogens is 306 g/mol. The number of nitrogens with one attached hydrogen (secondary N) is 2. The number of hydrogen-bond acceptors (Lipinski definition) is 4. The quantitative estimate of drug-likeness (QED) is 0.870. The number of thiophene rings is 1. The molecule has 1 aliphatic heterocycles. The van der Waals surface area contributed by atoms with Gasteiger partial charge in [0.25, 0.3) is 0 Å². The summed E-state index contributed by atoms with van der Waals surface area (Å²) in [5, 5.41) is 8.61. The van der Waals surface area contributed by atoms with Crippen molar-refractivity contribution in [1.82, 2.24) is 15.5 Å². The van der Waals surface area contributed by atoms with E-state index in [-0.39, 0.29) is 30.3 Å². The van der Waals surface area contributed by atoms with Gasteiger partial charge in [-0.2, -0.15) is 0 Å². The Balaban J connectivity index is 0.00000220. The second-order valence-electron chi connectivity index (χ2n) is 5.82. The van der Waals surface area contributed by atoms with Gasteiger partial charge in [0, 0.05) is 23.4 Å². The van der Waals surface area contributed by atoms with Crippen LogP contribution in [0.15, 0.2) is 17.5 Å². The van der Waals surface area contributed by atoms with Gasteiger partial charge in [-0.05, 0) is 51.9 Å². The van der Waals surface area contributed by atoms with Crippen LogP contribution in [0.2, 0.25) is 0 Å². The summed E-state index contributed by atoms with van der Waals surface area (Å²) in [4.78, 5) is 15.8. The third kappa shape index (κ3) is 5.25. The summed E-state index contributed by atoms with van der Waals surface area (Å²) in [7, 11) is 4.12. The van der Waals surface area contributed by atoms with Crippen molar-refractivity contribution in [2.24, 2.45) is 5.92 Å². The number of carbonyl (C=O) groups is 1. The molecule has 1 fully saturated rings. The Hall–Kier alpha value is -0.620. The van der Waals surface area contributed by atoms with E-state index in [1.54, 1.807) is 11.3 Å². The van der Waals surface area contributed by atoms with Gasteiger partial charge in [0.05, 0.1) is 6.04 Å². The molecule has 0 aliphatic carbocycles. The van der Waals surface area contributed by atoms with Crippen LogP contribution in [0, 0.1) is 5.92 Å². The zero-order valence-corrected chi connectivity index (χ0v) is 14.6. The van der Waals surface area contributed by atoms with Crippen molar-refractivity contribution in [3.05, 3.63) is 22.4 Å². The first kappa shape index (κ1) is 18.4. The van der Waals surface area contributed by atoms with Gasteiger partial charge in [-0.15, -0.1) is 23.7 Å². The van der Waals surface area contributed by atoms with Crippen molar-refractivity contribution >= 4 is 29.7 Å². The normalized spacial score (nSPS) is 23.4. The largest absolute Gasteiger partial charge is 0.354 e. The topological polar surface area (TPSA) is 44.4 Å². The predicted molar refractivity (Wildman–Crippen MR) is 91.2 cm³/mol. The molecule has 1 unspecified atom stereocenters. The van der Waals surface area contributed by atoms with Crippen LogP contribution >= 0.6 is 23.7 Å². The number of halogens is 1. The third-order valence-electron chi connectivity index (χ3n) is 3.96. The molecule has 4 nitrogen and oxygen atoms in total. The Kier molecular flexibility index (Phi) is 7.66. The molecule has 2 N–H and O–H groups in total. The van der Waals surface area contributed by atoms with Gasteiger partial charge in [-0.25, -0.2) is 0 Å². The maximum Gasteiger partial charge on any atom is 0.223 e. The molecule has 1 aliphatic rings. The minimum Gasteiger partial charge on any atom is -0.354 e. The fraction of sp³-hybridized carbons (Fsp3) is 0.667. The lowest BCUT2D eigenvalue weighted by Crippen LogP contribution is -2.44. The average molecular weight is 332 g/mol. The fourth-order valence-electron chi connectivity index (χ4n) is 2.73. The summed E-state index contributed by atoms with van der Waals surface area (Å²) in [5.41, 5.74) is 0. The molecule has 0 saturated carbocycles. The van der Waals surface area contributed by atoms with Crippen LogP contribution in [-0.2, 0) is 4.79 Å². The van der Waals surface area contributed by atoms with Gasteiger partial charge in [0.1, 0.15) is 0 Å². The first-order valence-corrected chi connectivity index (χ1v) is 8.17. The summed E-state index contributed by atoms with van der Waals surface area (Å²) in [6, 6.07) is 4.90. The minimum absolute atomic E-state index is 0. The Morgan fingerprint density at radius 2 is 2.33 bits per heavy atom. The summed E-state index contributed by atoms with van der Waals surface area (Å²) in [5.74, 6) is 0.374. The third-order valence-corrected chi connectivity index (χ3v) is 4.93. The first-order chi connectivity index (χ1) is 9.58. The number of hydrogen-bond donors (Lipinski definition) is 2. The van der Waals surface area contributed by atoms with E-state index in [4.69, 9.17) is 0 Å². The Morgan fingerprint density at radius 3 is 2.90 bits per heavy atom. The van der Waals surface area contributed by atoms with Crippen molar-refractivity contribution in [3.63, 3.8) is 0 Å². The molecule has 2 rings (SSSR count). The van der Waals surface area contributed by atoms with Gasteiger partial charge in [-0.1, -0.05) is 6.07 Å². The van der Waals surface area contributed by atoms with Crippen LogP contribution in [0.3, 0.4) is 0 Å². The molecule has 21 heavy (non-hydrogen) atoms. The number of carbonyl (C=O) groups excluding carboxylic acids is 1. The fourth-order valence-corrected chi connectivity index (χ4v) is 3.65. The van der Waals surface area contributed by atoms with E-state index in [2.05, 4.69) is 54.1 Å². The highest BCUT2D eigenvalue weighted by Gasteiger charge is 2.25. The Bertz CT molecular complexity index is 425. The first-order valence-electron chi connectivity index (χ1n) is 7.29. The molecule has 3 atom stereocenters. The number of piperidine rings is 1. The summed E-state index contributed by atoms with van der Waals surface area (Å²) in [6.07, 6.45) is 1.89. The zero-order chi connectivity index (χ0) is 14.5. The van der Waals surface area contributed by atoms with E-state index in [1.165, 1.54) is 4.88 Å². The lowest BCUT2D eigenvalue weighted by molar-refractivity contribution is -0.126. The smallest absolute Gasteiger partial charge is 0.223 e. The zero-order valence-electron chi connectivity index (χ0n) is 13.0. The SMILES string of the molecule is C[C@H]1C[C@@H](C(=O)NCC(c2cccs2)N(C)C)CCN1.Cl. The van der Waals surface area contributed by atoms with Crippen molar-refractivity contribution in [3.8, 4) is 0 Å². The molecule has 0 bridgehead atoms. The molecule has 1 amide bonds. The molecule has 1 aromatic rings. The highest BCUT2D eigenvalue weighted by Crippen LogP contribution is 2.23. The van der Waals surface area contributed by atoms with E-state index >= 15 is 0 Å². The molecule has 2 heterocycles. The lowest BCUT2D eigenvalue weighted by Gasteiger charge is -2.29. The van der Waals surface area contributed by atoms with Crippen molar-refractivity contribution in [2.75, 3.05) is 27.2 Å². The summed E-state index contributed by atoms with van der Waals surface area (Å²) >= 11 is 1.74. The van der Waals surface area contributed by atoms with E-state index in [9.17, 15) is 4.79 Å². The van der Waals surface area contributed by atoms with Crippen LogP contribution in [0.25, 0.3) is 0 Å².